The Morgan fingerprint density at radius 2 is 1.71 bits per heavy atom. The summed E-state index contributed by atoms with van der Waals surface area (Å²) in [5, 5.41) is 10.6. The summed E-state index contributed by atoms with van der Waals surface area (Å²) in [6, 6.07) is 11.9. The summed E-state index contributed by atoms with van der Waals surface area (Å²) >= 11 is 12.0. The lowest BCUT2D eigenvalue weighted by atomic mass is 10.1. The van der Waals surface area contributed by atoms with Gasteiger partial charge in [-0.2, -0.15) is 0 Å². The third-order valence-corrected chi connectivity index (χ3v) is 4.32. The maximum atomic E-state index is 13.0. The van der Waals surface area contributed by atoms with E-state index in [1.54, 1.807) is 37.3 Å². The van der Waals surface area contributed by atoms with Crippen LogP contribution in [-0.4, -0.2) is 21.6 Å². The van der Waals surface area contributed by atoms with Crippen molar-refractivity contribution in [1.82, 2.24) is 4.57 Å². The second-order valence-electron chi connectivity index (χ2n) is 5.45. The van der Waals surface area contributed by atoms with Gasteiger partial charge in [0, 0.05) is 26.7 Å². The molecule has 0 spiro atoms. The zero-order valence-electron chi connectivity index (χ0n) is 12.7. The molecule has 0 aliphatic rings. The summed E-state index contributed by atoms with van der Waals surface area (Å²) in [5.74, 6) is -1.25. The van der Waals surface area contributed by atoms with Gasteiger partial charge >= 0.3 is 5.97 Å². The van der Waals surface area contributed by atoms with Gasteiger partial charge in [0.05, 0.1) is 11.9 Å². The van der Waals surface area contributed by atoms with Gasteiger partial charge in [-0.1, -0.05) is 41.4 Å². The minimum Gasteiger partial charge on any atom is -0.481 e. The van der Waals surface area contributed by atoms with Gasteiger partial charge in [0.2, 0.25) is 0 Å². The van der Waals surface area contributed by atoms with Gasteiger partial charge in [0.25, 0.3) is 5.91 Å². The van der Waals surface area contributed by atoms with E-state index in [0.717, 1.165) is 5.39 Å². The van der Waals surface area contributed by atoms with Gasteiger partial charge in [-0.25, -0.2) is 0 Å². The van der Waals surface area contributed by atoms with E-state index in [4.69, 9.17) is 28.3 Å². The molecule has 0 amide bonds. The SMILES string of the molecule is Cc1c(CC(=O)O)c2ccccc2n1C(=O)c1cc(Cl)cc(Cl)c1. The van der Waals surface area contributed by atoms with Crippen LogP contribution >= 0.6 is 23.2 Å². The van der Waals surface area contributed by atoms with Crippen LogP contribution in [0.3, 0.4) is 0 Å². The zero-order valence-corrected chi connectivity index (χ0v) is 14.2. The van der Waals surface area contributed by atoms with Crippen LogP contribution in [0.1, 0.15) is 21.6 Å². The van der Waals surface area contributed by atoms with E-state index in [2.05, 4.69) is 0 Å². The molecule has 0 fully saturated rings. The molecule has 0 saturated carbocycles. The zero-order chi connectivity index (χ0) is 17.4. The van der Waals surface area contributed by atoms with Crippen molar-refractivity contribution in [2.45, 2.75) is 13.3 Å². The average molecular weight is 362 g/mol. The lowest BCUT2D eigenvalue weighted by molar-refractivity contribution is -0.136. The average Bonchev–Trinajstić information content (AvgIpc) is 2.78. The Hall–Kier alpha value is -2.30. The van der Waals surface area contributed by atoms with Crippen molar-refractivity contribution in [3.63, 3.8) is 0 Å². The first kappa shape index (κ1) is 16.6. The minimum absolute atomic E-state index is 0.150. The fourth-order valence-electron chi connectivity index (χ4n) is 2.88. The summed E-state index contributed by atoms with van der Waals surface area (Å²) in [6.45, 7) is 1.74. The van der Waals surface area contributed by atoms with Gasteiger partial charge in [-0.05, 0) is 36.8 Å². The lowest BCUT2D eigenvalue weighted by Gasteiger charge is -2.08. The second kappa shape index (κ2) is 6.30. The van der Waals surface area contributed by atoms with Crippen LogP contribution in [0.5, 0.6) is 0 Å². The Labute approximate surface area is 148 Å². The fraction of sp³-hybridized carbons (Fsp3) is 0.111. The van der Waals surface area contributed by atoms with Crippen molar-refractivity contribution >= 4 is 46.0 Å². The highest BCUT2D eigenvalue weighted by Crippen LogP contribution is 2.28. The molecular formula is C18H13Cl2NO3. The molecule has 122 valence electrons. The van der Waals surface area contributed by atoms with Crippen molar-refractivity contribution in [3.05, 3.63) is 69.3 Å². The van der Waals surface area contributed by atoms with Crippen LogP contribution < -0.4 is 0 Å². The number of carbonyl (C=O) groups excluding carboxylic acids is 1. The van der Waals surface area contributed by atoms with E-state index in [-0.39, 0.29) is 12.3 Å². The van der Waals surface area contributed by atoms with E-state index < -0.39 is 5.97 Å². The summed E-state index contributed by atoms with van der Waals surface area (Å²) in [7, 11) is 0. The van der Waals surface area contributed by atoms with E-state index in [1.165, 1.54) is 4.57 Å². The van der Waals surface area contributed by atoms with E-state index in [0.29, 0.717) is 32.4 Å². The number of para-hydroxylation sites is 1. The monoisotopic (exact) mass is 361 g/mol. The Balaban J connectivity index is 2.24. The molecule has 4 nitrogen and oxygen atoms in total. The number of carboxylic acids is 1. The summed E-state index contributed by atoms with van der Waals surface area (Å²) < 4.78 is 1.51. The summed E-state index contributed by atoms with van der Waals surface area (Å²) in [5.41, 5.74) is 2.23. The number of halogens is 2. The normalized spacial score (nSPS) is 11.0. The number of hydrogen-bond acceptors (Lipinski definition) is 2. The Bertz CT molecular complexity index is 956. The topological polar surface area (TPSA) is 59.3 Å². The third-order valence-electron chi connectivity index (χ3n) is 3.88. The number of rotatable bonds is 3. The standard InChI is InChI=1S/C18H13Cl2NO3/c1-10-15(9-17(22)23)14-4-2-3-5-16(14)21(10)18(24)11-6-12(19)8-13(20)7-11/h2-8H,9H2,1H3,(H,22,23). The van der Waals surface area contributed by atoms with E-state index >= 15 is 0 Å². The molecule has 6 heteroatoms. The van der Waals surface area contributed by atoms with Crippen LogP contribution in [0.2, 0.25) is 10.0 Å². The van der Waals surface area contributed by atoms with Gasteiger partial charge in [0.15, 0.2) is 0 Å². The van der Waals surface area contributed by atoms with Gasteiger partial charge < -0.3 is 5.11 Å². The van der Waals surface area contributed by atoms with Crippen molar-refractivity contribution in [3.8, 4) is 0 Å². The van der Waals surface area contributed by atoms with Gasteiger partial charge in [-0.15, -0.1) is 0 Å². The van der Waals surface area contributed by atoms with E-state index in [1.807, 2.05) is 12.1 Å². The smallest absolute Gasteiger partial charge is 0.307 e. The quantitative estimate of drug-likeness (QED) is 0.742. The molecule has 3 aromatic rings. The first-order chi connectivity index (χ1) is 11.4. The number of hydrogen-bond donors (Lipinski definition) is 1. The van der Waals surface area contributed by atoms with E-state index in [9.17, 15) is 9.59 Å². The molecule has 3 rings (SSSR count). The van der Waals surface area contributed by atoms with Crippen LogP contribution in [0.4, 0.5) is 0 Å². The molecule has 1 heterocycles. The molecule has 0 radical (unpaired) electrons. The highest BCUT2D eigenvalue weighted by atomic mass is 35.5. The van der Waals surface area contributed by atoms with Crippen molar-refractivity contribution < 1.29 is 14.7 Å². The van der Waals surface area contributed by atoms with Gasteiger partial charge in [-0.3, -0.25) is 14.2 Å². The largest absolute Gasteiger partial charge is 0.481 e. The predicted molar refractivity (Wildman–Crippen MR) is 94.2 cm³/mol. The van der Waals surface area contributed by atoms with Crippen LogP contribution in [0.25, 0.3) is 10.9 Å². The molecule has 0 aliphatic heterocycles. The maximum absolute atomic E-state index is 13.0. The number of carboxylic acid groups (broad SMARTS) is 1. The summed E-state index contributed by atoms with van der Waals surface area (Å²) in [4.78, 5) is 24.2. The lowest BCUT2D eigenvalue weighted by Crippen LogP contribution is -2.14. The minimum atomic E-state index is -0.945. The number of nitrogens with zero attached hydrogens (tertiary/aromatic N) is 1. The summed E-state index contributed by atoms with van der Waals surface area (Å²) in [6.07, 6.45) is -0.150. The molecule has 0 saturated heterocycles. The Morgan fingerprint density at radius 1 is 1.08 bits per heavy atom. The van der Waals surface area contributed by atoms with Crippen molar-refractivity contribution in [1.29, 1.82) is 0 Å². The molecule has 0 atom stereocenters. The van der Waals surface area contributed by atoms with Crippen molar-refractivity contribution in [2.75, 3.05) is 0 Å². The molecule has 0 unspecified atom stereocenters. The van der Waals surface area contributed by atoms with Gasteiger partial charge in [0.1, 0.15) is 0 Å². The molecule has 24 heavy (non-hydrogen) atoms. The fourth-order valence-corrected chi connectivity index (χ4v) is 3.40. The van der Waals surface area contributed by atoms with Crippen LogP contribution in [0, 0.1) is 6.92 Å². The molecule has 0 aliphatic carbocycles. The predicted octanol–water partition coefficient (Wildman–Crippen LogP) is 4.57. The van der Waals surface area contributed by atoms with Crippen LogP contribution in [0.15, 0.2) is 42.5 Å². The Kier molecular flexibility index (Phi) is 4.35. The number of benzene rings is 2. The molecular weight excluding hydrogens is 349 g/mol. The number of aliphatic carboxylic acids is 1. The first-order valence-electron chi connectivity index (χ1n) is 7.20. The Morgan fingerprint density at radius 3 is 2.33 bits per heavy atom. The van der Waals surface area contributed by atoms with Crippen molar-refractivity contribution in [2.24, 2.45) is 0 Å². The number of fused-ring (bicyclic) bond motifs is 1. The molecule has 2 aromatic carbocycles. The molecule has 1 N–H and O–H groups in total. The molecule has 0 bridgehead atoms. The van der Waals surface area contributed by atoms with Crippen LogP contribution in [-0.2, 0) is 11.2 Å². The number of carbonyl (C=O) groups is 2. The highest BCUT2D eigenvalue weighted by Gasteiger charge is 2.21. The molecule has 1 aromatic heterocycles. The second-order valence-corrected chi connectivity index (χ2v) is 6.32. The first-order valence-corrected chi connectivity index (χ1v) is 7.95. The maximum Gasteiger partial charge on any atom is 0.307 e. The number of aromatic nitrogens is 1. The third kappa shape index (κ3) is 2.90. The highest BCUT2D eigenvalue weighted by molar-refractivity contribution is 6.35.